The highest BCUT2D eigenvalue weighted by molar-refractivity contribution is 5.90. The van der Waals surface area contributed by atoms with Crippen molar-refractivity contribution in [2.45, 2.75) is 180 Å². The first-order valence-corrected chi connectivity index (χ1v) is 25.2. The van der Waals surface area contributed by atoms with E-state index in [0.717, 1.165) is 0 Å². The number of nitrogens with zero attached hydrogens (tertiary/aromatic N) is 1. The normalized spacial score (nSPS) is 39.9. The lowest BCUT2D eigenvalue weighted by Gasteiger charge is -2.50. The molecule has 1 aliphatic carbocycles. The summed E-state index contributed by atoms with van der Waals surface area (Å²) in [7, 11) is 6.93. The van der Waals surface area contributed by atoms with Crippen molar-refractivity contribution in [3.8, 4) is 0 Å². The Morgan fingerprint density at radius 3 is 1.86 bits per heavy atom. The third-order valence-corrected chi connectivity index (χ3v) is 16.2. The summed E-state index contributed by atoms with van der Waals surface area (Å²) in [4.78, 5) is 72.5. The van der Waals surface area contributed by atoms with Crippen LogP contribution in [0.25, 0.3) is 0 Å². The summed E-state index contributed by atoms with van der Waals surface area (Å²) in [5, 5.41) is 0. The van der Waals surface area contributed by atoms with Crippen LogP contribution in [0.15, 0.2) is 60.7 Å². The van der Waals surface area contributed by atoms with Crippen molar-refractivity contribution < 1.29 is 66.6 Å². The molecule has 388 valence electrons. The molecule has 18 atom stereocenters. The predicted molar refractivity (Wildman–Crippen MR) is 260 cm³/mol. The lowest BCUT2D eigenvalue weighted by Crippen LogP contribution is -2.62. The molecule has 2 aromatic carbocycles. The number of cyclic esters (lactones) is 1. The maximum atomic E-state index is 15.0. The van der Waals surface area contributed by atoms with Crippen LogP contribution in [0.1, 0.15) is 128 Å². The van der Waals surface area contributed by atoms with Gasteiger partial charge >= 0.3 is 17.9 Å². The smallest absolute Gasteiger partial charge is 0.338 e. The number of ketones is 2. The van der Waals surface area contributed by atoms with E-state index >= 15 is 0 Å². The van der Waals surface area contributed by atoms with Crippen LogP contribution < -0.4 is 0 Å². The van der Waals surface area contributed by atoms with Crippen molar-refractivity contribution in [1.29, 1.82) is 0 Å². The van der Waals surface area contributed by atoms with Gasteiger partial charge in [0, 0.05) is 56.7 Å². The van der Waals surface area contributed by atoms with Gasteiger partial charge in [-0.25, -0.2) is 9.59 Å². The molecule has 0 N–H and O–H groups in total. The number of methoxy groups -OCH3 is 2. The molecule has 3 aliphatic heterocycles. The van der Waals surface area contributed by atoms with Crippen molar-refractivity contribution in [2.24, 2.45) is 35.0 Å². The highest BCUT2D eigenvalue weighted by atomic mass is 16.7. The number of ether oxygens (including phenoxy) is 9. The van der Waals surface area contributed by atoms with Crippen molar-refractivity contribution in [1.82, 2.24) is 4.90 Å². The van der Waals surface area contributed by atoms with Crippen molar-refractivity contribution in [3.05, 3.63) is 71.8 Å². The van der Waals surface area contributed by atoms with Crippen LogP contribution in [-0.2, 0) is 57.0 Å². The highest BCUT2D eigenvalue weighted by Crippen LogP contribution is 2.51. The highest BCUT2D eigenvalue weighted by Gasteiger charge is 2.57. The molecule has 15 heteroatoms. The Balaban J connectivity index is 1.45. The van der Waals surface area contributed by atoms with E-state index in [4.69, 9.17) is 42.6 Å². The SMILES string of the molecule is CC[C@H]1OC(=O)[C@H](C)[C@@H](O[C@H]2C[C@@](C)(OC)[C@@H](OC(=O)c3ccccc3)[C@H](C)O2)[C@H](C)[C@@H](O[C@@H]2O[C@H](C)C[C@H](N(C)C)[C@H]2OC(=O)c2ccccc2)[C@](C)(OC)C[C@@H](C)C(=O)[C@H](C)[C@H]2CC(=O)C[C@@]21C. The molecule has 3 heterocycles. The number of rotatable bonds is 12. The fourth-order valence-corrected chi connectivity index (χ4v) is 12.0. The minimum atomic E-state index is -1.28. The van der Waals surface area contributed by atoms with Gasteiger partial charge in [-0.3, -0.25) is 14.4 Å². The van der Waals surface area contributed by atoms with Gasteiger partial charge < -0.3 is 47.5 Å². The van der Waals surface area contributed by atoms with Gasteiger partial charge in [-0.2, -0.15) is 0 Å². The van der Waals surface area contributed by atoms with Gasteiger partial charge in [-0.1, -0.05) is 71.0 Å². The van der Waals surface area contributed by atoms with E-state index in [1.54, 1.807) is 76.6 Å². The van der Waals surface area contributed by atoms with Gasteiger partial charge in [-0.05, 0) is 98.2 Å². The van der Waals surface area contributed by atoms with E-state index in [2.05, 4.69) is 0 Å². The molecule has 0 radical (unpaired) electrons. The molecule has 4 fully saturated rings. The first-order chi connectivity index (χ1) is 33.0. The number of hydrogen-bond donors (Lipinski definition) is 0. The zero-order valence-electron chi connectivity index (χ0n) is 43.8. The fourth-order valence-electron chi connectivity index (χ4n) is 12.0. The predicted octanol–water partition coefficient (Wildman–Crippen LogP) is 8.04. The molecule has 0 aromatic heterocycles. The van der Waals surface area contributed by atoms with E-state index in [9.17, 15) is 24.0 Å². The maximum Gasteiger partial charge on any atom is 0.338 e. The Hall–Kier alpha value is -4.09. The monoisotopic (exact) mass is 978 g/mol. The molecule has 0 unspecified atom stereocenters. The van der Waals surface area contributed by atoms with Gasteiger partial charge in [0.15, 0.2) is 24.8 Å². The van der Waals surface area contributed by atoms with Gasteiger partial charge in [0.25, 0.3) is 0 Å². The zero-order chi connectivity index (χ0) is 51.5. The minimum absolute atomic E-state index is 0.0227. The van der Waals surface area contributed by atoms with Crippen LogP contribution >= 0.6 is 0 Å². The third-order valence-electron chi connectivity index (χ3n) is 16.2. The summed E-state index contributed by atoms with van der Waals surface area (Å²) in [6.07, 6.45) is -6.21. The first kappa shape index (κ1) is 55.2. The number of benzene rings is 2. The number of likely N-dealkylation sites (N-methyl/N-ethyl adjacent to an activating group) is 1. The number of carbonyl (C=O) groups is 5. The lowest BCUT2D eigenvalue weighted by molar-refractivity contribution is -0.318. The summed E-state index contributed by atoms with van der Waals surface area (Å²) in [5.41, 5.74) is -2.46. The lowest BCUT2D eigenvalue weighted by atomic mass is 9.66. The molecule has 0 bridgehead atoms. The van der Waals surface area contributed by atoms with E-state index in [-0.39, 0.29) is 55.3 Å². The molecule has 1 saturated carbocycles. The van der Waals surface area contributed by atoms with Gasteiger partial charge in [0.2, 0.25) is 0 Å². The number of hydrogen-bond acceptors (Lipinski definition) is 15. The average Bonchev–Trinajstić information content (AvgIpc) is 3.65. The molecular formula is C55H79NO14. The number of esters is 3. The molecule has 0 amide bonds. The third kappa shape index (κ3) is 11.7. The molecule has 6 rings (SSSR count). The second-order valence-electron chi connectivity index (χ2n) is 21.5. The minimum Gasteiger partial charge on any atom is -0.461 e. The van der Waals surface area contributed by atoms with E-state index < -0.39 is 107 Å². The topological polar surface area (TPSA) is 172 Å². The van der Waals surface area contributed by atoms with Crippen LogP contribution in [0.5, 0.6) is 0 Å². The van der Waals surface area contributed by atoms with Crippen molar-refractivity contribution >= 4 is 29.5 Å². The zero-order valence-corrected chi connectivity index (χ0v) is 43.8. The van der Waals surface area contributed by atoms with Gasteiger partial charge in [0.1, 0.15) is 23.3 Å². The second-order valence-corrected chi connectivity index (χ2v) is 21.5. The van der Waals surface area contributed by atoms with Crippen LogP contribution in [-0.4, -0.2) is 135 Å². The summed E-state index contributed by atoms with van der Waals surface area (Å²) in [5.74, 6) is -4.94. The summed E-state index contributed by atoms with van der Waals surface area (Å²) in [6.45, 7) is 18.7. The second kappa shape index (κ2) is 22.8. The van der Waals surface area contributed by atoms with E-state index in [1.165, 1.54) is 0 Å². The van der Waals surface area contributed by atoms with Crippen LogP contribution in [0, 0.1) is 35.0 Å². The quantitative estimate of drug-likeness (QED) is 0.148. The Bertz CT molecular complexity index is 2120. The first-order valence-electron chi connectivity index (χ1n) is 25.2. The number of carbonyl (C=O) groups excluding carboxylic acids is 5. The molecule has 70 heavy (non-hydrogen) atoms. The molecule has 15 nitrogen and oxygen atoms in total. The Kier molecular flexibility index (Phi) is 18.0. The van der Waals surface area contributed by atoms with Crippen molar-refractivity contribution in [2.75, 3.05) is 28.3 Å². The fraction of sp³-hybridized carbons (Fsp3) is 0.691. The standard InChI is InChI=1S/C55H79NO14/c1-15-42-53(8)29-39(57)27-40(53)33(4)44(58)31(2)28-54(9,62-13)47(70-52-46(41(56(11)12)26-32(3)64-52)68-50(60)37-22-18-16-19-23-37)34(5)45(35(6)49(59)66-42)67-43-30-55(10,63-14)48(36(7)65-43)69-51(61)38-24-20-17-21-25-38/h16-25,31-36,40-43,45-48,52H,15,26-30H2,1-14H3/t31-,32-,33-,34+,35-,36+,40-,41+,42-,43+,45+,46-,47-,48+,52+,53+,54-,55-/m1/s1. The molecular weight excluding hydrogens is 899 g/mol. The summed E-state index contributed by atoms with van der Waals surface area (Å²) in [6, 6.07) is 17.1. The molecule has 4 aliphatic rings. The van der Waals surface area contributed by atoms with Crippen LogP contribution in [0.3, 0.4) is 0 Å². The number of Topliss-reactive ketones (excluding diaryl/α,β-unsaturated/α-hetero) is 2. The van der Waals surface area contributed by atoms with Crippen molar-refractivity contribution in [3.63, 3.8) is 0 Å². The van der Waals surface area contributed by atoms with E-state index in [1.807, 2.05) is 86.5 Å². The molecule has 3 saturated heterocycles. The largest absolute Gasteiger partial charge is 0.461 e. The molecule has 0 spiro atoms. The maximum absolute atomic E-state index is 15.0. The Morgan fingerprint density at radius 2 is 1.30 bits per heavy atom. The Morgan fingerprint density at radius 1 is 0.729 bits per heavy atom. The summed E-state index contributed by atoms with van der Waals surface area (Å²) >= 11 is 0. The van der Waals surface area contributed by atoms with E-state index in [0.29, 0.717) is 24.0 Å². The van der Waals surface area contributed by atoms with Crippen LogP contribution in [0.2, 0.25) is 0 Å². The van der Waals surface area contributed by atoms with Gasteiger partial charge in [0.05, 0.1) is 53.1 Å². The van der Waals surface area contributed by atoms with Gasteiger partial charge in [-0.15, -0.1) is 0 Å². The Labute approximate surface area is 415 Å². The summed E-state index contributed by atoms with van der Waals surface area (Å²) < 4.78 is 59.3. The molecule has 2 aromatic rings. The van der Waals surface area contributed by atoms with Crippen LogP contribution in [0.4, 0.5) is 0 Å². The average molecular weight is 978 g/mol. The number of fused-ring (bicyclic) bond motifs is 1.